The van der Waals surface area contributed by atoms with Crippen molar-refractivity contribution in [2.75, 3.05) is 0 Å². The molecule has 1 nitrogen and oxygen atoms in total. The summed E-state index contributed by atoms with van der Waals surface area (Å²) in [5.74, 6) is -0.183. The normalized spacial score (nSPS) is 12.8. The summed E-state index contributed by atoms with van der Waals surface area (Å²) in [7, 11) is 0. The molecule has 0 fully saturated rings. The Morgan fingerprint density at radius 3 is 2.85 bits per heavy atom. The molecule has 3 rings (SSSR count). The molecule has 0 amide bonds. The van der Waals surface area contributed by atoms with Gasteiger partial charge >= 0.3 is 0 Å². The summed E-state index contributed by atoms with van der Waals surface area (Å²) in [6.45, 7) is 2.03. The highest BCUT2D eigenvalue weighted by Crippen LogP contribution is 2.36. The van der Waals surface area contributed by atoms with Gasteiger partial charge in [-0.05, 0) is 42.1 Å². The molecule has 2 heterocycles. The average Bonchev–Trinajstić information content (AvgIpc) is 2.84. The molecule has 0 saturated heterocycles. The highest BCUT2D eigenvalue weighted by molar-refractivity contribution is 9.09. The first kappa shape index (κ1) is 13.7. The first-order valence-electron chi connectivity index (χ1n) is 6.36. The van der Waals surface area contributed by atoms with Crippen LogP contribution >= 0.6 is 27.3 Å². The number of thiophene rings is 1. The van der Waals surface area contributed by atoms with E-state index in [0.29, 0.717) is 0 Å². The van der Waals surface area contributed by atoms with E-state index in [1.807, 2.05) is 19.2 Å². The summed E-state index contributed by atoms with van der Waals surface area (Å²) in [4.78, 5) is 5.83. The first-order valence-corrected chi connectivity index (χ1v) is 8.09. The number of pyridine rings is 1. The summed E-state index contributed by atoms with van der Waals surface area (Å²) < 4.78 is 14.2. The van der Waals surface area contributed by atoms with Crippen LogP contribution in [0.5, 0.6) is 0 Å². The number of alkyl halides is 1. The van der Waals surface area contributed by atoms with Crippen LogP contribution in [-0.4, -0.2) is 4.98 Å². The molecule has 3 aromatic rings. The van der Waals surface area contributed by atoms with Crippen molar-refractivity contribution in [1.29, 1.82) is 0 Å². The number of aromatic nitrogens is 1. The van der Waals surface area contributed by atoms with E-state index in [1.54, 1.807) is 17.4 Å². The van der Waals surface area contributed by atoms with Gasteiger partial charge in [0, 0.05) is 27.9 Å². The topological polar surface area (TPSA) is 12.9 Å². The Balaban J connectivity index is 1.84. The van der Waals surface area contributed by atoms with E-state index in [4.69, 9.17) is 0 Å². The van der Waals surface area contributed by atoms with Crippen LogP contribution in [0.4, 0.5) is 4.39 Å². The minimum absolute atomic E-state index is 0.183. The second-order valence-electron chi connectivity index (χ2n) is 4.83. The maximum Gasteiger partial charge on any atom is 0.124 e. The van der Waals surface area contributed by atoms with Crippen molar-refractivity contribution in [3.05, 3.63) is 64.5 Å². The van der Waals surface area contributed by atoms with Gasteiger partial charge in [0.1, 0.15) is 5.82 Å². The van der Waals surface area contributed by atoms with Crippen LogP contribution in [0.3, 0.4) is 0 Å². The van der Waals surface area contributed by atoms with Crippen molar-refractivity contribution in [2.24, 2.45) is 0 Å². The standard InChI is InChI=1S/C16H13BrFNS/c1-10-2-5-13(19-9-10)8-14(17)16-6-11-3-4-12(18)7-15(11)20-16/h2-7,9,14H,8H2,1H3. The number of halogens is 2. The maximum atomic E-state index is 13.2. The third kappa shape index (κ3) is 2.91. The first-order chi connectivity index (χ1) is 9.61. The fraction of sp³-hybridized carbons (Fsp3) is 0.188. The number of aryl methyl sites for hydroxylation is 1. The molecule has 2 aromatic heterocycles. The Morgan fingerprint density at radius 1 is 1.25 bits per heavy atom. The lowest BCUT2D eigenvalue weighted by atomic mass is 10.1. The average molecular weight is 350 g/mol. The third-order valence-electron chi connectivity index (χ3n) is 3.17. The molecule has 1 unspecified atom stereocenters. The third-order valence-corrected chi connectivity index (χ3v) is 5.50. The summed E-state index contributed by atoms with van der Waals surface area (Å²) in [6, 6.07) is 11.2. The fourth-order valence-corrected chi connectivity index (χ4v) is 3.89. The predicted octanol–water partition coefficient (Wildman–Crippen LogP) is 5.42. The van der Waals surface area contributed by atoms with E-state index in [0.717, 1.165) is 27.8 Å². The van der Waals surface area contributed by atoms with E-state index < -0.39 is 0 Å². The molecule has 0 spiro atoms. The van der Waals surface area contributed by atoms with Crippen molar-refractivity contribution >= 4 is 37.4 Å². The summed E-state index contributed by atoms with van der Waals surface area (Å²) in [5.41, 5.74) is 2.22. The smallest absolute Gasteiger partial charge is 0.124 e. The molecule has 0 aliphatic heterocycles. The lowest BCUT2D eigenvalue weighted by Crippen LogP contribution is -1.95. The molecular weight excluding hydrogens is 337 g/mol. The number of benzene rings is 1. The van der Waals surface area contributed by atoms with Gasteiger partial charge in [-0.1, -0.05) is 28.1 Å². The van der Waals surface area contributed by atoms with Crippen LogP contribution in [0.2, 0.25) is 0 Å². The van der Waals surface area contributed by atoms with Gasteiger partial charge in [0.2, 0.25) is 0 Å². The van der Waals surface area contributed by atoms with Gasteiger partial charge in [-0.3, -0.25) is 4.98 Å². The van der Waals surface area contributed by atoms with Crippen LogP contribution in [0, 0.1) is 12.7 Å². The zero-order chi connectivity index (χ0) is 14.1. The molecular formula is C16H13BrFNS. The van der Waals surface area contributed by atoms with E-state index >= 15 is 0 Å². The van der Waals surface area contributed by atoms with E-state index in [1.165, 1.54) is 10.9 Å². The van der Waals surface area contributed by atoms with Crippen molar-refractivity contribution in [3.8, 4) is 0 Å². The molecule has 0 aliphatic carbocycles. The minimum Gasteiger partial charge on any atom is -0.261 e. The Kier molecular flexibility index (Phi) is 3.85. The Morgan fingerprint density at radius 2 is 2.10 bits per heavy atom. The molecule has 4 heteroatoms. The van der Waals surface area contributed by atoms with E-state index in [-0.39, 0.29) is 10.6 Å². The van der Waals surface area contributed by atoms with E-state index in [9.17, 15) is 4.39 Å². The van der Waals surface area contributed by atoms with Gasteiger partial charge in [-0.15, -0.1) is 11.3 Å². The molecule has 0 saturated carbocycles. The SMILES string of the molecule is Cc1ccc(CC(Br)c2cc3ccc(F)cc3s2)nc1. The van der Waals surface area contributed by atoms with Gasteiger partial charge in [0.15, 0.2) is 0 Å². The van der Waals surface area contributed by atoms with Crippen LogP contribution in [0.25, 0.3) is 10.1 Å². The van der Waals surface area contributed by atoms with Crippen molar-refractivity contribution < 1.29 is 4.39 Å². The minimum atomic E-state index is -0.183. The largest absolute Gasteiger partial charge is 0.261 e. The Hall–Kier alpha value is -1.26. The Labute approximate surface area is 129 Å². The Bertz CT molecular complexity index is 736. The quantitative estimate of drug-likeness (QED) is 0.575. The van der Waals surface area contributed by atoms with Crippen LogP contribution in [-0.2, 0) is 6.42 Å². The zero-order valence-electron chi connectivity index (χ0n) is 10.9. The summed E-state index contributed by atoms with van der Waals surface area (Å²) in [5, 5.41) is 1.09. The number of hydrogen-bond donors (Lipinski definition) is 0. The van der Waals surface area contributed by atoms with E-state index in [2.05, 4.69) is 39.1 Å². The van der Waals surface area contributed by atoms with Crippen molar-refractivity contribution in [2.45, 2.75) is 18.2 Å². The fourth-order valence-electron chi connectivity index (χ4n) is 2.08. The second-order valence-corrected chi connectivity index (χ2v) is 7.05. The van der Waals surface area contributed by atoms with Gasteiger partial charge in [-0.25, -0.2) is 4.39 Å². The molecule has 0 bridgehead atoms. The number of fused-ring (bicyclic) bond motifs is 1. The zero-order valence-corrected chi connectivity index (χ0v) is 13.3. The molecule has 1 atom stereocenters. The highest BCUT2D eigenvalue weighted by atomic mass is 79.9. The lowest BCUT2D eigenvalue weighted by molar-refractivity contribution is 0.630. The predicted molar refractivity (Wildman–Crippen MR) is 86.1 cm³/mol. The lowest BCUT2D eigenvalue weighted by Gasteiger charge is -2.06. The van der Waals surface area contributed by atoms with Gasteiger partial charge < -0.3 is 0 Å². The highest BCUT2D eigenvalue weighted by Gasteiger charge is 2.13. The van der Waals surface area contributed by atoms with Gasteiger partial charge in [0.25, 0.3) is 0 Å². The number of hydrogen-bond acceptors (Lipinski definition) is 2. The molecule has 0 aliphatic rings. The molecule has 0 N–H and O–H groups in total. The summed E-state index contributed by atoms with van der Waals surface area (Å²) >= 11 is 5.34. The van der Waals surface area contributed by atoms with Crippen molar-refractivity contribution in [3.63, 3.8) is 0 Å². The molecule has 102 valence electrons. The molecule has 20 heavy (non-hydrogen) atoms. The van der Waals surface area contributed by atoms with Crippen LogP contribution in [0.1, 0.15) is 21.0 Å². The maximum absolute atomic E-state index is 13.2. The van der Waals surface area contributed by atoms with Crippen LogP contribution in [0.15, 0.2) is 42.6 Å². The monoisotopic (exact) mass is 349 g/mol. The van der Waals surface area contributed by atoms with Gasteiger partial charge in [-0.2, -0.15) is 0 Å². The van der Waals surface area contributed by atoms with Crippen LogP contribution < -0.4 is 0 Å². The van der Waals surface area contributed by atoms with Crippen molar-refractivity contribution in [1.82, 2.24) is 4.98 Å². The van der Waals surface area contributed by atoms with Gasteiger partial charge in [0.05, 0.1) is 4.83 Å². The molecule has 0 radical (unpaired) electrons. The second kappa shape index (κ2) is 5.62. The molecule has 1 aromatic carbocycles. The summed E-state index contributed by atoms with van der Waals surface area (Å²) in [6.07, 6.45) is 2.71. The number of rotatable bonds is 3. The number of nitrogens with zero attached hydrogens (tertiary/aromatic N) is 1.